The van der Waals surface area contributed by atoms with Crippen LogP contribution in [0.1, 0.15) is 42.5 Å². The van der Waals surface area contributed by atoms with E-state index in [9.17, 15) is 0 Å². The Balaban J connectivity index is 1.13. The van der Waals surface area contributed by atoms with Crippen molar-refractivity contribution in [1.29, 1.82) is 0 Å². The van der Waals surface area contributed by atoms with E-state index < -0.39 is 0 Å². The first-order valence-corrected chi connectivity index (χ1v) is 20.1. The van der Waals surface area contributed by atoms with Gasteiger partial charge in [0.05, 0.1) is 0 Å². The number of allylic oxidation sites excluding steroid dienone is 2. The second-order valence-corrected chi connectivity index (χ2v) is 15.9. The van der Waals surface area contributed by atoms with Crippen molar-refractivity contribution in [2.24, 2.45) is 0 Å². The molecule has 11 rings (SSSR count). The highest BCUT2D eigenvalue weighted by Crippen LogP contribution is 2.49. The van der Waals surface area contributed by atoms with E-state index in [-0.39, 0.29) is 5.41 Å². The molecule has 1 heterocycles. The Bertz CT molecular complexity index is 3170. The van der Waals surface area contributed by atoms with Crippen LogP contribution in [0.2, 0.25) is 0 Å². The maximum Gasteiger partial charge on any atom is 0.164 e. The molecule has 0 amide bonds. The normalized spacial score (nSPS) is 13.6. The lowest BCUT2D eigenvalue weighted by molar-refractivity contribution is 0.660. The summed E-state index contributed by atoms with van der Waals surface area (Å²) in [5.41, 5.74) is 15.0. The van der Waals surface area contributed by atoms with Crippen LogP contribution < -0.4 is 0 Å². The molecule has 0 atom stereocenters. The third-order valence-electron chi connectivity index (χ3n) is 12.2. The summed E-state index contributed by atoms with van der Waals surface area (Å²) in [6, 6.07) is 58.9. The van der Waals surface area contributed by atoms with Crippen molar-refractivity contribution in [1.82, 2.24) is 15.0 Å². The lowest BCUT2D eigenvalue weighted by Gasteiger charge is -2.22. The standard InChI is InChI=1S/C55H39N3/c1-55(2)50-24-14-13-23-46(50)47-28-27-39(34-51(47)55)52-56-53(48-31-29-40(36-16-5-3-6-17-36)42-19-7-4-8-20-44(42)48)58-54(57-52)49-32-30-41(43-21-11-12-22-45(43)49)38-26-25-35-15-9-10-18-37(35)33-38/h3,5-34H,4H2,1-2H3. The lowest BCUT2D eigenvalue weighted by Crippen LogP contribution is -2.15. The fourth-order valence-electron chi connectivity index (χ4n) is 9.20. The molecule has 58 heavy (non-hydrogen) atoms. The second-order valence-electron chi connectivity index (χ2n) is 15.9. The van der Waals surface area contributed by atoms with Crippen LogP contribution in [0, 0.1) is 0 Å². The van der Waals surface area contributed by atoms with Crippen molar-refractivity contribution >= 4 is 33.7 Å². The Labute approximate surface area is 338 Å². The minimum atomic E-state index is -0.156. The van der Waals surface area contributed by atoms with Crippen molar-refractivity contribution in [3.05, 3.63) is 198 Å². The van der Waals surface area contributed by atoms with Crippen molar-refractivity contribution < 1.29 is 0 Å². The molecule has 0 unspecified atom stereocenters. The molecule has 3 heteroatoms. The minimum Gasteiger partial charge on any atom is -0.208 e. The Kier molecular flexibility index (Phi) is 7.90. The zero-order valence-corrected chi connectivity index (χ0v) is 32.4. The Hall–Kier alpha value is -7.23. The summed E-state index contributed by atoms with van der Waals surface area (Å²) in [4.78, 5) is 16.1. The van der Waals surface area contributed by atoms with Crippen LogP contribution in [0.4, 0.5) is 0 Å². The van der Waals surface area contributed by atoms with E-state index in [1.165, 1.54) is 60.8 Å². The van der Waals surface area contributed by atoms with E-state index in [0.29, 0.717) is 17.5 Å². The second kappa shape index (κ2) is 13.5. The van der Waals surface area contributed by atoms with Crippen LogP contribution in [-0.2, 0) is 5.41 Å². The molecule has 274 valence electrons. The predicted octanol–water partition coefficient (Wildman–Crippen LogP) is 14.2. The molecule has 0 saturated heterocycles. The van der Waals surface area contributed by atoms with Gasteiger partial charge < -0.3 is 0 Å². The van der Waals surface area contributed by atoms with Gasteiger partial charge in [0.2, 0.25) is 0 Å². The van der Waals surface area contributed by atoms with Crippen molar-refractivity contribution in [2.45, 2.75) is 25.7 Å². The number of aromatic nitrogens is 3. The van der Waals surface area contributed by atoms with Crippen LogP contribution in [0.5, 0.6) is 0 Å². The molecule has 0 saturated carbocycles. The quantitative estimate of drug-likeness (QED) is 0.176. The van der Waals surface area contributed by atoms with Gasteiger partial charge in [0, 0.05) is 22.1 Å². The fourth-order valence-corrected chi connectivity index (χ4v) is 9.20. The van der Waals surface area contributed by atoms with Gasteiger partial charge in [-0.25, -0.2) is 15.0 Å². The highest BCUT2D eigenvalue weighted by molar-refractivity contribution is 6.05. The maximum atomic E-state index is 5.39. The van der Waals surface area contributed by atoms with E-state index in [2.05, 4.69) is 202 Å². The van der Waals surface area contributed by atoms with E-state index in [1.807, 2.05) is 0 Å². The summed E-state index contributed by atoms with van der Waals surface area (Å²) in [5.74, 6) is 1.96. The molecule has 0 spiro atoms. The molecule has 9 aromatic rings. The molecule has 2 aliphatic carbocycles. The lowest BCUT2D eigenvalue weighted by atomic mass is 9.82. The summed E-state index contributed by atoms with van der Waals surface area (Å²) < 4.78 is 0. The predicted molar refractivity (Wildman–Crippen MR) is 242 cm³/mol. The number of fused-ring (bicyclic) bond motifs is 6. The van der Waals surface area contributed by atoms with Gasteiger partial charge in [-0.05, 0) is 108 Å². The van der Waals surface area contributed by atoms with Crippen LogP contribution in [0.25, 0.3) is 101 Å². The average molecular weight is 742 g/mol. The zero-order chi connectivity index (χ0) is 38.8. The first-order chi connectivity index (χ1) is 28.5. The monoisotopic (exact) mass is 741 g/mol. The van der Waals surface area contributed by atoms with Crippen LogP contribution >= 0.6 is 0 Å². The molecule has 3 nitrogen and oxygen atoms in total. The summed E-state index contributed by atoms with van der Waals surface area (Å²) in [5, 5.41) is 4.71. The fraction of sp³-hybridized carbons (Fsp3) is 0.0727. The molecule has 0 fully saturated rings. The summed E-state index contributed by atoms with van der Waals surface area (Å²) >= 11 is 0. The molecule has 0 aliphatic heterocycles. The number of nitrogens with zero attached hydrogens (tertiary/aromatic N) is 3. The SMILES string of the molecule is CC1(C)c2ccccc2-c2ccc(-c3nc(-c4ccc(-c5ccccc5)c5c4C=CCC=C5)nc(-c4ccc(-c5ccc6ccccc6c5)c5ccccc45)n3)cc21. The average Bonchev–Trinajstić information content (AvgIpc) is 3.40. The Morgan fingerprint density at radius 3 is 1.78 bits per heavy atom. The van der Waals surface area contributed by atoms with Crippen LogP contribution in [0.3, 0.4) is 0 Å². The van der Waals surface area contributed by atoms with Gasteiger partial charge >= 0.3 is 0 Å². The first kappa shape index (κ1) is 34.1. The summed E-state index contributed by atoms with van der Waals surface area (Å²) in [6.07, 6.45) is 9.81. The topological polar surface area (TPSA) is 38.7 Å². The van der Waals surface area contributed by atoms with Crippen molar-refractivity contribution in [3.8, 4) is 67.5 Å². The number of hydrogen-bond donors (Lipinski definition) is 0. The van der Waals surface area contributed by atoms with Crippen LogP contribution in [0.15, 0.2) is 176 Å². The molecular formula is C55H39N3. The van der Waals surface area contributed by atoms with Gasteiger partial charge in [-0.1, -0.05) is 178 Å². The van der Waals surface area contributed by atoms with Gasteiger partial charge in [-0.2, -0.15) is 0 Å². The summed E-state index contributed by atoms with van der Waals surface area (Å²) in [6.45, 7) is 4.64. The van der Waals surface area contributed by atoms with Crippen molar-refractivity contribution in [3.63, 3.8) is 0 Å². The highest BCUT2D eigenvalue weighted by atomic mass is 15.0. The molecule has 1 aromatic heterocycles. The maximum absolute atomic E-state index is 5.39. The van der Waals surface area contributed by atoms with E-state index in [1.54, 1.807) is 0 Å². The molecule has 0 radical (unpaired) electrons. The third kappa shape index (κ3) is 5.54. The number of hydrogen-bond acceptors (Lipinski definition) is 3. The van der Waals surface area contributed by atoms with E-state index >= 15 is 0 Å². The first-order valence-electron chi connectivity index (χ1n) is 20.1. The molecular weight excluding hydrogens is 703 g/mol. The molecule has 0 bridgehead atoms. The zero-order valence-electron chi connectivity index (χ0n) is 32.4. The van der Waals surface area contributed by atoms with Crippen LogP contribution in [-0.4, -0.2) is 15.0 Å². The van der Waals surface area contributed by atoms with Gasteiger partial charge in [0.1, 0.15) is 0 Å². The largest absolute Gasteiger partial charge is 0.208 e. The van der Waals surface area contributed by atoms with Gasteiger partial charge in [0.25, 0.3) is 0 Å². The Morgan fingerprint density at radius 1 is 0.379 bits per heavy atom. The summed E-state index contributed by atoms with van der Waals surface area (Å²) in [7, 11) is 0. The third-order valence-corrected chi connectivity index (χ3v) is 12.2. The minimum absolute atomic E-state index is 0.156. The highest BCUT2D eigenvalue weighted by Gasteiger charge is 2.35. The van der Waals surface area contributed by atoms with Gasteiger partial charge in [-0.3, -0.25) is 0 Å². The number of rotatable bonds is 5. The van der Waals surface area contributed by atoms with Gasteiger partial charge in [-0.15, -0.1) is 0 Å². The molecule has 0 N–H and O–H groups in total. The number of benzene rings is 8. The molecule has 8 aromatic carbocycles. The Morgan fingerprint density at radius 2 is 0.948 bits per heavy atom. The molecule has 2 aliphatic rings. The van der Waals surface area contributed by atoms with E-state index in [0.717, 1.165) is 39.4 Å². The van der Waals surface area contributed by atoms with Gasteiger partial charge in [0.15, 0.2) is 17.5 Å². The van der Waals surface area contributed by atoms with E-state index in [4.69, 9.17) is 15.0 Å². The smallest absolute Gasteiger partial charge is 0.164 e. The van der Waals surface area contributed by atoms with Crippen molar-refractivity contribution in [2.75, 3.05) is 0 Å².